The molecule has 1 fully saturated rings. The zero-order valence-corrected chi connectivity index (χ0v) is 17.1. The number of methoxy groups -OCH3 is 1. The Kier molecular flexibility index (Phi) is 7.30. The average molecular weight is 387 g/mol. The number of amides is 1. The van der Waals surface area contributed by atoms with E-state index < -0.39 is 0 Å². The summed E-state index contributed by atoms with van der Waals surface area (Å²) in [5, 5.41) is 5.34. The van der Waals surface area contributed by atoms with E-state index in [1.54, 1.807) is 18.4 Å². The van der Waals surface area contributed by atoms with Crippen LogP contribution in [0.2, 0.25) is 0 Å². The monoisotopic (exact) mass is 386 g/mol. The quantitative estimate of drug-likeness (QED) is 0.700. The van der Waals surface area contributed by atoms with Crippen molar-refractivity contribution in [3.05, 3.63) is 52.2 Å². The van der Waals surface area contributed by atoms with Gasteiger partial charge < -0.3 is 10.1 Å². The van der Waals surface area contributed by atoms with Crippen LogP contribution in [0.15, 0.2) is 41.8 Å². The van der Waals surface area contributed by atoms with E-state index >= 15 is 0 Å². The van der Waals surface area contributed by atoms with Crippen LogP contribution in [0, 0.1) is 0 Å². The number of nitrogens with zero attached hydrogens (tertiary/aromatic N) is 1. The second-order valence-electron chi connectivity index (χ2n) is 7.43. The first kappa shape index (κ1) is 19.9. The predicted molar refractivity (Wildman–Crippen MR) is 111 cm³/mol. The minimum absolute atomic E-state index is 0.147. The van der Waals surface area contributed by atoms with Gasteiger partial charge in [0.15, 0.2) is 0 Å². The summed E-state index contributed by atoms with van der Waals surface area (Å²) in [6.45, 7) is 3.41. The molecule has 1 unspecified atom stereocenters. The third-order valence-electron chi connectivity index (χ3n) is 5.31. The maximum absolute atomic E-state index is 12.6. The first-order valence-electron chi connectivity index (χ1n) is 9.83. The van der Waals surface area contributed by atoms with Crippen molar-refractivity contribution in [1.29, 1.82) is 0 Å². The minimum atomic E-state index is 0.147. The molecule has 4 nitrogen and oxygen atoms in total. The number of rotatable bonds is 9. The van der Waals surface area contributed by atoms with Gasteiger partial charge in [0.2, 0.25) is 5.91 Å². The summed E-state index contributed by atoms with van der Waals surface area (Å²) >= 11 is 1.78. The number of ether oxygens (including phenoxy) is 1. The van der Waals surface area contributed by atoms with E-state index in [1.807, 2.05) is 12.1 Å². The summed E-state index contributed by atoms with van der Waals surface area (Å²) in [7, 11) is 1.68. The predicted octanol–water partition coefficient (Wildman–Crippen LogP) is 4.25. The Morgan fingerprint density at radius 3 is 2.63 bits per heavy atom. The third-order valence-corrected chi connectivity index (χ3v) is 6.21. The Hall–Kier alpha value is -1.85. The summed E-state index contributed by atoms with van der Waals surface area (Å²) in [6.07, 6.45) is 5.67. The van der Waals surface area contributed by atoms with Crippen molar-refractivity contribution in [1.82, 2.24) is 10.2 Å². The molecule has 0 spiro atoms. The van der Waals surface area contributed by atoms with Crippen molar-refractivity contribution in [2.75, 3.05) is 13.7 Å². The molecule has 1 amide bonds. The molecule has 0 aliphatic heterocycles. The van der Waals surface area contributed by atoms with Crippen LogP contribution >= 0.6 is 11.3 Å². The molecule has 1 atom stereocenters. The molecule has 1 aliphatic rings. The van der Waals surface area contributed by atoms with Crippen molar-refractivity contribution in [2.24, 2.45) is 0 Å². The highest BCUT2D eigenvalue weighted by molar-refractivity contribution is 7.09. The standard InChI is InChI=1S/C22H30N2O2S/c1-17(14-21-8-5-13-27-21)24(15-18-9-11-20(26-2)12-10-18)16-22(25)23-19-6-3-4-7-19/h5,8-13,17,19H,3-4,6-7,14-16H2,1-2H3,(H,23,25). The molecule has 1 heterocycles. The number of hydrogen-bond donors (Lipinski definition) is 1. The van der Waals surface area contributed by atoms with Gasteiger partial charge in [-0.05, 0) is 55.3 Å². The van der Waals surface area contributed by atoms with Gasteiger partial charge in [-0.25, -0.2) is 0 Å². The molecule has 1 aromatic heterocycles. The molecule has 1 aromatic carbocycles. The SMILES string of the molecule is COc1ccc(CN(CC(=O)NC2CCCC2)C(C)Cc2cccs2)cc1. The molecule has 1 saturated carbocycles. The van der Waals surface area contributed by atoms with Gasteiger partial charge in [0.1, 0.15) is 5.75 Å². The highest BCUT2D eigenvalue weighted by Crippen LogP contribution is 2.20. The normalized spacial score (nSPS) is 15.8. The minimum Gasteiger partial charge on any atom is -0.497 e. The number of benzene rings is 1. The smallest absolute Gasteiger partial charge is 0.234 e. The van der Waals surface area contributed by atoms with Gasteiger partial charge in [-0.15, -0.1) is 11.3 Å². The molecule has 0 bridgehead atoms. The molecule has 0 radical (unpaired) electrons. The summed E-state index contributed by atoms with van der Waals surface area (Å²) in [6, 6.07) is 13.1. The summed E-state index contributed by atoms with van der Waals surface area (Å²) in [5.74, 6) is 1.00. The molecule has 1 aliphatic carbocycles. The molecule has 2 aromatic rings. The lowest BCUT2D eigenvalue weighted by Gasteiger charge is -2.29. The second kappa shape index (κ2) is 9.90. The van der Waals surface area contributed by atoms with E-state index in [2.05, 4.69) is 46.8 Å². The van der Waals surface area contributed by atoms with Gasteiger partial charge in [0.25, 0.3) is 0 Å². The molecule has 0 saturated heterocycles. The fraction of sp³-hybridized carbons (Fsp3) is 0.500. The Bertz CT molecular complexity index is 694. The van der Waals surface area contributed by atoms with Crippen LogP contribution < -0.4 is 10.1 Å². The van der Waals surface area contributed by atoms with Gasteiger partial charge in [0, 0.05) is 23.5 Å². The zero-order valence-electron chi connectivity index (χ0n) is 16.3. The number of nitrogens with one attached hydrogen (secondary N) is 1. The fourth-order valence-electron chi connectivity index (χ4n) is 3.71. The molecule has 146 valence electrons. The van der Waals surface area contributed by atoms with E-state index in [9.17, 15) is 4.79 Å². The Labute approximate surface area is 166 Å². The second-order valence-corrected chi connectivity index (χ2v) is 8.47. The Balaban J connectivity index is 1.65. The van der Waals surface area contributed by atoms with Crippen LogP contribution in [-0.2, 0) is 17.8 Å². The number of carbonyl (C=O) groups excluding carboxylic acids is 1. The molecule has 5 heteroatoms. The van der Waals surface area contributed by atoms with Gasteiger partial charge in [-0.3, -0.25) is 9.69 Å². The highest BCUT2D eigenvalue weighted by atomic mass is 32.1. The van der Waals surface area contributed by atoms with Gasteiger partial charge in [-0.2, -0.15) is 0 Å². The number of carbonyl (C=O) groups is 1. The summed E-state index contributed by atoms with van der Waals surface area (Å²) in [4.78, 5) is 16.3. The number of thiophene rings is 1. The van der Waals surface area contributed by atoms with Crippen molar-refractivity contribution >= 4 is 17.2 Å². The lowest BCUT2D eigenvalue weighted by Crippen LogP contribution is -2.44. The fourth-order valence-corrected chi connectivity index (χ4v) is 4.54. The van der Waals surface area contributed by atoms with Crippen LogP contribution in [0.3, 0.4) is 0 Å². The van der Waals surface area contributed by atoms with Crippen molar-refractivity contribution < 1.29 is 9.53 Å². The molecule has 3 rings (SSSR count). The maximum Gasteiger partial charge on any atom is 0.234 e. The van der Waals surface area contributed by atoms with E-state index in [-0.39, 0.29) is 5.91 Å². The molecule has 1 N–H and O–H groups in total. The van der Waals surface area contributed by atoms with Crippen LogP contribution in [0.1, 0.15) is 43.0 Å². The maximum atomic E-state index is 12.6. The van der Waals surface area contributed by atoms with E-state index in [1.165, 1.54) is 23.3 Å². The Morgan fingerprint density at radius 2 is 2.00 bits per heavy atom. The lowest BCUT2D eigenvalue weighted by atomic mass is 10.1. The van der Waals surface area contributed by atoms with Crippen LogP contribution in [0.25, 0.3) is 0 Å². The molecular weight excluding hydrogens is 356 g/mol. The van der Waals surface area contributed by atoms with Gasteiger partial charge >= 0.3 is 0 Å². The topological polar surface area (TPSA) is 41.6 Å². The van der Waals surface area contributed by atoms with Gasteiger partial charge in [0.05, 0.1) is 13.7 Å². The van der Waals surface area contributed by atoms with Crippen LogP contribution in [0.4, 0.5) is 0 Å². The molecule has 27 heavy (non-hydrogen) atoms. The average Bonchev–Trinajstić information content (AvgIpc) is 3.36. The van der Waals surface area contributed by atoms with Crippen molar-refractivity contribution in [2.45, 2.75) is 57.7 Å². The first-order valence-corrected chi connectivity index (χ1v) is 10.7. The van der Waals surface area contributed by atoms with Crippen molar-refractivity contribution in [3.8, 4) is 5.75 Å². The van der Waals surface area contributed by atoms with Crippen LogP contribution in [-0.4, -0.2) is 36.5 Å². The Morgan fingerprint density at radius 1 is 1.26 bits per heavy atom. The van der Waals surface area contributed by atoms with Crippen molar-refractivity contribution in [3.63, 3.8) is 0 Å². The lowest BCUT2D eigenvalue weighted by molar-refractivity contribution is -0.123. The highest BCUT2D eigenvalue weighted by Gasteiger charge is 2.22. The van der Waals surface area contributed by atoms with Gasteiger partial charge in [-0.1, -0.05) is 31.0 Å². The zero-order chi connectivity index (χ0) is 19.1. The van der Waals surface area contributed by atoms with E-state index in [0.29, 0.717) is 18.6 Å². The van der Waals surface area contributed by atoms with E-state index in [0.717, 1.165) is 31.6 Å². The summed E-state index contributed by atoms with van der Waals surface area (Å²) < 4.78 is 5.25. The number of hydrogen-bond acceptors (Lipinski definition) is 4. The summed E-state index contributed by atoms with van der Waals surface area (Å²) in [5.41, 5.74) is 1.20. The third kappa shape index (κ3) is 6.08. The first-order chi connectivity index (χ1) is 13.1. The van der Waals surface area contributed by atoms with E-state index in [4.69, 9.17) is 4.74 Å². The molecular formula is C22H30N2O2S. The van der Waals surface area contributed by atoms with Crippen LogP contribution in [0.5, 0.6) is 5.75 Å². The largest absolute Gasteiger partial charge is 0.497 e.